The Bertz CT molecular complexity index is 1340. The fraction of sp³-hybridized carbons (Fsp3) is 0.120. The lowest BCUT2D eigenvalue weighted by Crippen LogP contribution is -2.20. The third-order valence-corrected chi connectivity index (χ3v) is 5.34. The van der Waals surface area contributed by atoms with Crippen LogP contribution in [0.5, 0.6) is 11.6 Å². The minimum Gasteiger partial charge on any atom is -0.495 e. The van der Waals surface area contributed by atoms with Crippen LogP contribution in [0.2, 0.25) is 0 Å². The molecule has 0 fully saturated rings. The lowest BCUT2D eigenvalue weighted by Gasteiger charge is -2.16. The van der Waals surface area contributed by atoms with Crippen molar-refractivity contribution in [3.05, 3.63) is 93.8 Å². The van der Waals surface area contributed by atoms with Gasteiger partial charge in [0, 0.05) is 17.0 Å². The maximum Gasteiger partial charge on any atom is 0.265 e. The number of pyridine rings is 1. The van der Waals surface area contributed by atoms with E-state index in [0.717, 1.165) is 16.8 Å². The van der Waals surface area contributed by atoms with Gasteiger partial charge in [-0.1, -0.05) is 42.5 Å². The fourth-order valence-corrected chi connectivity index (χ4v) is 3.54. The topological polar surface area (TPSA) is 63.8 Å². The molecule has 30 heavy (non-hydrogen) atoms. The highest BCUT2D eigenvalue weighted by Crippen LogP contribution is 2.30. The highest BCUT2D eigenvalue weighted by Gasteiger charge is 2.18. The Morgan fingerprint density at radius 1 is 0.933 bits per heavy atom. The van der Waals surface area contributed by atoms with Crippen LogP contribution in [0.3, 0.4) is 0 Å². The Balaban J connectivity index is 2.02. The van der Waals surface area contributed by atoms with E-state index in [9.17, 15) is 9.90 Å². The molecule has 0 aliphatic carbocycles. The molecule has 3 aromatic carbocycles. The number of nitrogens with zero attached hydrogens (tertiary/aromatic N) is 2. The summed E-state index contributed by atoms with van der Waals surface area (Å²) in [7, 11) is 1.53. The average molecular weight is 398 g/mol. The molecule has 5 heteroatoms. The van der Waals surface area contributed by atoms with E-state index < -0.39 is 0 Å². The number of aliphatic imine (C=N–C) groups is 1. The second kappa shape index (κ2) is 7.87. The summed E-state index contributed by atoms with van der Waals surface area (Å²) < 4.78 is 6.68. The largest absolute Gasteiger partial charge is 0.495 e. The molecule has 4 aromatic rings. The first-order chi connectivity index (χ1) is 14.5. The zero-order chi connectivity index (χ0) is 21.3. The third kappa shape index (κ3) is 3.24. The van der Waals surface area contributed by atoms with Crippen molar-refractivity contribution in [1.82, 2.24) is 4.57 Å². The van der Waals surface area contributed by atoms with Gasteiger partial charge in [0.2, 0.25) is 5.88 Å². The van der Waals surface area contributed by atoms with Crippen molar-refractivity contribution in [2.45, 2.75) is 13.8 Å². The molecule has 0 spiro atoms. The molecule has 0 aliphatic heterocycles. The molecular weight excluding hydrogens is 376 g/mol. The van der Waals surface area contributed by atoms with Crippen LogP contribution in [0.15, 0.2) is 76.5 Å². The van der Waals surface area contributed by atoms with Crippen LogP contribution in [0.1, 0.15) is 16.7 Å². The van der Waals surface area contributed by atoms with Gasteiger partial charge in [0.15, 0.2) is 0 Å². The highest BCUT2D eigenvalue weighted by atomic mass is 16.5. The zero-order valence-corrected chi connectivity index (χ0v) is 17.1. The van der Waals surface area contributed by atoms with Crippen LogP contribution < -0.4 is 10.3 Å². The lowest BCUT2D eigenvalue weighted by atomic mass is 10.1. The Morgan fingerprint density at radius 3 is 2.40 bits per heavy atom. The first kappa shape index (κ1) is 19.5. The van der Waals surface area contributed by atoms with Crippen molar-refractivity contribution in [2.24, 2.45) is 4.99 Å². The average Bonchev–Trinajstić information content (AvgIpc) is 2.77. The predicted octanol–water partition coefficient (Wildman–Crippen LogP) is 5.07. The molecule has 1 N–H and O–H groups in total. The van der Waals surface area contributed by atoms with E-state index >= 15 is 0 Å². The summed E-state index contributed by atoms with van der Waals surface area (Å²) in [5, 5.41) is 12.3. The van der Waals surface area contributed by atoms with E-state index in [-0.39, 0.29) is 11.4 Å². The van der Waals surface area contributed by atoms with Crippen molar-refractivity contribution in [1.29, 1.82) is 0 Å². The maximum atomic E-state index is 13.2. The van der Waals surface area contributed by atoms with Crippen LogP contribution in [-0.4, -0.2) is 23.0 Å². The number of fused-ring (bicyclic) bond motifs is 1. The molecular formula is C25H22N2O3. The van der Waals surface area contributed by atoms with Gasteiger partial charge in [-0.25, -0.2) is 4.57 Å². The molecule has 4 rings (SSSR count). The zero-order valence-electron chi connectivity index (χ0n) is 17.1. The standard InChI is InChI=1S/C25H22N2O3/c1-16-9-8-12-21(17(16)2)26-15-20-18-10-4-5-11-19(18)24(28)27(25(20)29)22-13-6-7-14-23(22)30-3/h4-15,29H,1-3H3. The number of hydrogen-bond acceptors (Lipinski definition) is 4. The summed E-state index contributed by atoms with van der Waals surface area (Å²) >= 11 is 0. The first-order valence-electron chi connectivity index (χ1n) is 9.63. The minimum absolute atomic E-state index is 0.183. The number of aromatic nitrogens is 1. The van der Waals surface area contributed by atoms with Gasteiger partial charge >= 0.3 is 0 Å². The van der Waals surface area contributed by atoms with Gasteiger partial charge in [0.1, 0.15) is 5.75 Å². The molecule has 150 valence electrons. The summed E-state index contributed by atoms with van der Waals surface area (Å²) in [5.41, 5.74) is 3.63. The van der Waals surface area contributed by atoms with Crippen molar-refractivity contribution in [3.63, 3.8) is 0 Å². The number of aryl methyl sites for hydroxylation is 1. The Hall–Kier alpha value is -3.86. The number of ether oxygens (including phenoxy) is 1. The quantitative estimate of drug-likeness (QED) is 0.488. The molecule has 0 saturated heterocycles. The Labute approximate surface area is 174 Å². The monoisotopic (exact) mass is 398 g/mol. The summed E-state index contributed by atoms with van der Waals surface area (Å²) in [5.74, 6) is 0.305. The number of aromatic hydroxyl groups is 1. The normalized spacial score (nSPS) is 11.3. The van der Waals surface area contributed by atoms with Gasteiger partial charge in [-0.15, -0.1) is 0 Å². The van der Waals surface area contributed by atoms with Crippen LogP contribution in [-0.2, 0) is 0 Å². The van der Waals surface area contributed by atoms with E-state index in [4.69, 9.17) is 4.74 Å². The second-order valence-electron chi connectivity index (χ2n) is 7.07. The molecule has 1 heterocycles. The summed E-state index contributed by atoms with van der Waals surface area (Å²) in [6.07, 6.45) is 1.62. The van der Waals surface area contributed by atoms with Gasteiger partial charge in [0.05, 0.1) is 24.0 Å². The van der Waals surface area contributed by atoms with Crippen molar-refractivity contribution in [3.8, 4) is 17.3 Å². The number of hydrogen-bond donors (Lipinski definition) is 1. The van der Waals surface area contributed by atoms with Crippen LogP contribution in [0.4, 0.5) is 5.69 Å². The molecule has 0 unspecified atom stereocenters. The summed E-state index contributed by atoms with van der Waals surface area (Å²) in [4.78, 5) is 17.9. The van der Waals surface area contributed by atoms with Crippen LogP contribution in [0.25, 0.3) is 16.5 Å². The molecule has 0 amide bonds. The smallest absolute Gasteiger partial charge is 0.265 e. The van der Waals surface area contributed by atoms with E-state index in [0.29, 0.717) is 27.8 Å². The van der Waals surface area contributed by atoms with Crippen molar-refractivity contribution >= 4 is 22.7 Å². The van der Waals surface area contributed by atoms with Crippen LogP contribution in [0, 0.1) is 13.8 Å². The second-order valence-corrected chi connectivity index (χ2v) is 7.07. The van der Waals surface area contributed by atoms with Crippen molar-refractivity contribution in [2.75, 3.05) is 7.11 Å². The molecule has 0 bridgehead atoms. The summed E-state index contributed by atoms with van der Waals surface area (Å²) in [6.45, 7) is 4.04. The summed E-state index contributed by atoms with van der Waals surface area (Å²) in [6, 6.07) is 20.2. The van der Waals surface area contributed by atoms with E-state index in [1.165, 1.54) is 11.7 Å². The molecule has 0 atom stereocenters. The molecule has 0 radical (unpaired) electrons. The van der Waals surface area contributed by atoms with E-state index in [2.05, 4.69) is 4.99 Å². The maximum absolute atomic E-state index is 13.2. The van der Waals surface area contributed by atoms with Crippen molar-refractivity contribution < 1.29 is 9.84 Å². The minimum atomic E-state index is -0.323. The fourth-order valence-electron chi connectivity index (χ4n) is 3.54. The highest BCUT2D eigenvalue weighted by molar-refractivity contribution is 6.02. The first-order valence-corrected chi connectivity index (χ1v) is 9.63. The van der Waals surface area contributed by atoms with Gasteiger partial charge in [-0.05, 0) is 49.2 Å². The number of para-hydroxylation sites is 2. The Morgan fingerprint density at radius 2 is 1.63 bits per heavy atom. The van der Waals surface area contributed by atoms with E-state index in [1.54, 1.807) is 36.5 Å². The number of benzene rings is 3. The van der Waals surface area contributed by atoms with Gasteiger partial charge in [0.25, 0.3) is 5.56 Å². The van der Waals surface area contributed by atoms with Gasteiger partial charge in [-0.2, -0.15) is 0 Å². The third-order valence-electron chi connectivity index (χ3n) is 5.34. The Kier molecular flexibility index (Phi) is 5.11. The molecule has 1 aromatic heterocycles. The molecule has 5 nitrogen and oxygen atoms in total. The lowest BCUT2D eigenvalue weighted by molar-refractivity contribution is 0.404. The van der Waals surface area contributed by atoms with Gasteiger partial charge < -0.3 is 9.84 Å². The molecule has 0 saturated carbocycles. The number of rotatable bonds is 4. The predicted molar refractivity (Wildman–Crippen MR) is 121 cm³/mol. The molecule has 0 aliphatic rings. The van der Waals surface area contributed by atoms with Gasteiger partial charge in [-0.3, -0.25) is 9.79 Å². The number of methoxy groups -OCH3 is 1. The SMILES string of the molecule is COc1ccccc1-n1c(O)c(C=Nc2cccc(C)c2C)c2ccccc2c1=O. The van der Waals surface area contributed by atoms with Crippen LogP contribution >= 0.6 is 0 Å². The van der Waals surface area contributed by atoms with E-state index in [1.807, 2.05) is 50.2 Å².